The van der Waals surface area contributed by atoms with Gasteiger partial charge in [0.25, 0.3) is 5.70 Å². The highest BCUT2D eigenvalue weighted by Crippen LogP contribution is 2.43. The van der Waals surface area contributed by atoms with Crippen molar-refractivity contribution in [1.29, 1.82) is 0 Å². The standard InChI is InChI=1S/C17H21N3O5S/c1-10-7-12-14(13(8-10)20(22)23)26-16(18-15(12)21)19-5-3-17(4-6-19)24-9-11(2)25-17/h7,11,21H,3-6,8-9H2,1-2H3. The second kappa shape index (κ2) is 6.40. The van der Waals surface area contributed by atoms with Crippen LogP contribution in [0.2, 0.25) is 0 Å². The fourth-order valence-corrected chi connectivity index (χ4v) is 4.85. The Morgan fingerprint density at radius 3 is 2.81 bits per heavy atom. The van der Waals surface area contributed by atoms with Crippen LogP contribution in [-0.4, -0.2) is 51.7 Å². The van der Waals surface area contributed by atoms with Crippen LogP contribution in [-0.2, 0) is 9.47 Å². The van der Waals surface area contributed by atoms with E-state index >= 15 is 0 Å². The maximum atomic E-state index is 11.5. The summed E-state index contributed by atoms with van der Waals surface area (Å²) in [5.74, 6) is -0.677. The quantitative estimate of drug-likeness (QED) is 0.552. The number of ether oxygens (including phenoxy) is 2. The highest BCUT2D eigenvalue weighted by Gasteiger charge is 2.44. The van der Waals surface area contributed by atoms with Crippen LogP contribution in [0.3, 0.4) is 0 Å². The molecule has 4 aliphatic rings. The van der Waals surface area contributed by atoms with E-state index in [4.69, 9.17) is 9.47 Å². The number of allylic oxidation sites excluding steroid dienone is 3. The summed E-state index contributed by atoms with van der Waals surface area (Å²) in [6.07, 6.45) is 3.56. The van der Waals surface area contributed by atoms with E-state index in [-0.39, 0.29) is 29.0 Å². The maximum absolute atomic E-state index is 11.5. The molecule has 26 heavy (non-hydrogen) atoms. The Balaban J connectivity index is 1.57. The molecule has 1 unspecified atom stereocenters. The lowest BCUT2D eigenvalue weighted by atomic mass is 10.0. The van der Waals surface area contributed by atoms with Crippen molar-refractivity contribution >= 4 is 16.9 Å². The van der Waals surface area contributed by atoms with Gasteiger partial charge in [-0.15, -0.1) is 0 Å². The molecular weight excluding hydrogens is 358 g/mol. The van der Waals surface area contributed by atoms with Crippen molar-refractivity contribution in [3.8, 4) is 0 Å². The largest absolute Gasteiger partial charge is 0.493 e. The van der Waals surface area contributed by atoms with Crippen molar-refractivity contribution in [2.24, 2.45) is 4.99 Å². The number of hydrogen-bond acceptors (Lipinski definition) is 8. The topological polar surface area (TPSA) is 97.4 Å². The van der Waals surface area contributed by atoms with E-state index in [2.05, 4.69) is 4.99 Å². The number of nitrogens with zero attached hydrogens (tertiary/aromatic N) is 3. The van der Waals surface area contributed by atoms with Crippen LogP contribution in [0.5, 0.6) is 0 Å². The van der Waals surface area contributed by atoms with Gasteiger partial charge in [0.15, 0.2) is 11.0 Å². The van der Waals surface area contributed by atoms with Crippen LogP contribution >= 0.6 is 11.8 Å². The van der Waals surface area contributed by atoms with E-state index in [0.717, 1.165) is 5.57 Å². The molecule has 0 bridgehead atoms. The van der Waals surface area contributed by atoms with Gasteiger partial charge in [-0.05, 0) is 31.7 Å². The molecule has 0 radical (unpaired) electrons. The van der Waals surface area contributed by atoms with Crippen LogP contribution in [0.25, 0.3) is 0 Å². The first kappa shape index (κ1) is 17.6. The summed E-state index contributed by atoms with van der Waals surface area (Å²) in [4.78, 5) is 17.9. The number of fused-ring (bicyclic) bond motifs is 1. The third kappa shape index (κ3) is 3.04. The number of thioether (sulfide) groups is 1. The van der Waals surface area contributed by atoms with Gasteiger partial charge in [-0.1, -0.05) is 5.57 Å². The first-order valence-electron chi connectivity index (χ1n) is 8.68. The van der Waals surface area contributed by atoms with Crippen LogP contribution in [0, 0.1) is 10.1 Å². The Hall–Kier alpha value is -1.84. The summed E-state index contributed by atoms with van der Waals surface area (Å²) < 4.78 is 11.8. The SMILES string of the molecule is CC1=CC2=C(O)N=C(N3CCC4(CC3)OCC(C)O4)SC2=C([N+](=O)[O-])C1. The van der Waals surface area contributed by atoms with Gasteiger partial charge in [-0.25, -0.2) is 0 Å². The average Bonchev–Trinajstić information content (AvgIpc) is 2.95. The molecule has 1 N–H and O–H groups in total. The molecule has 0 amide bonds. The molecule has 0 aromatic heterocycles. The lowest BCUT2D eigenvalue weighted by molar-refractivity contribution is -0.427. The number of aliphatic hydroxyl groups is 1. The van der Waals surface area contributed by atoms with Gasteiger partial charge in [0.2, 0.25) is 5.88 Å². The van der Waals surface area contributed by atoms with Gasteiger partial charge in [0.05, 0.1) is 29.6 Å². The smallest absolute Gasteiger partial charge is 0.264 e. The second-order valence-corrected chi connectivity index (χ2v) is 8.05. The maximum Gasteiger partial charge on any atom is 0.264 e. The molecule has 4 rings (SSSR count). The number of hydrogen-bond donors (Lipinski definition) is 1. The van der Waals surface area contributed by atoms with E-state index in [9.17, 15) is 15.2 Å². The highest BCUT2D eigenvalue weighted by atomic mass is 32.2. The lowest BCUT2D eigenvalue weighted by Gasteiger charge is -2.39. The van der Waals surface area contributed by atoms with Crippen molar-refractivity contribution in [2.75, 3.05) is 19.7 Å². The Morgan fingerprint density at radius 1 is 1.46 bits per heavy atom. The summed E-state index contributed by atoms with van der Waals surface area (Å²) in [7, 11) is 0. The summed E-state index contributed by atoms with van der Waals surface area (Å²) in [6, 6.07) is 0. The molecular formula is C17H21N3O5S. The van der Waals surface area contributed by atoms with E-state index in [1.54, 1.807) is 6.08 Å². The first-order chi connectivity index (χ1) is 12.4. The molecule has 1 aliphatic carbocycles. The van der Waals surface area contributed by atoms with Gasteiger partial charge < -0.3 is 19.5 Å². The molecule has 9 heteroatoms. The van der Waals surface area contributed by atoms with Crippen molar-refractivity contribution in [1.82, 2.24) is 4.90 Å². The van der Waals surface area contributed by atoms with E-state index < -0.39 is 5.79 Å². The van der Waals surface area contributed by atoms with Crippen molar-refractivity contribution in [2.45, 2.75) is 45.0 Å². The molecule has 0 saturated carbocycles. The zero-order valence-electron chi connectivity index (χ0n) is 14.7. The predicted octanol–water partition coefficient (Wildman–Crippen LogP) is 2.92. The third-order valence-electron chi connectivity index (χ3n) is 4.99. The van der Waals surface area contributed by atoms with Crippen LogP contribution in [0.15, 0.2) is 38.7 Å². The van der Waals surface area contributed by atoms with Crippen molar-refractivity contribution in [3.63, 3.8) is 0 Å². The fourth-order valence-electron chi connectivity index (χ4n) is 3.70. The monoisotopic (exact) mass is 379 g/mol. The molecule has 2 saturated heterocycles. The number of nitro groups is 1. The average molecular weight is 379 g/mol. The number of likely N-dealkylation sites (tertiary alicyclic amines) is 1. The molecule has 2 fully saturated rings. The summed E-state index contributed by atoms with van der Waals surface area (Å²) >= 11 is 1.27. The fraction of sp³-hybridized carbons (Fsp3) is 0.588. The zero-order valence-corrected chi connectivity index (χ0v) is 15.5. The zero-order chi connectivity index (χ0) is 18.5. The third-order valence-corrected chi connectivity index (χ3v) is 6.18. The minimum atomic E-state index is -0.519. The summed E-state index contributed by atoms with van der Waals surface area (Å²) in [5, 5.41) is 22.4. The molecule has 140 valence electrons. The molecule has 3 heterocycles. The molecule has 8 nitrogen and oxygen atoms in total. The van der Waals surface area contributed by atoms with Gasteiger partial charge >= 0.3 is 0 Å². The Labute approximate surface area is 155 Å². The number of piperidine rings is 1. The molecule has 0 aromatic rings. The number of rotatable bonds is 1. The number of aliphatic hydroxyl groups excluding tert-OH is 1. The van der Waals surface area contributed by atoms with Crippen LogP contribution in [0.4, 0.5) is 0 Å². The van der Waals surface area contributed by atoms with Crippen LogP contribution < -0.4 is 0 Å². The normalized spacial score (nSPS) is 28.2. The molecule has 1 spiro atoms. The summed E-state index contributed by atoms with van der Waals surface area (Å²) in [5.41, 5.74) is 1.40. The van der Waals surface area contributed by atoms with E-state index in [1.807, 2.05) is 18.7 Å². The Morgan fingerprint density at radius 2 is 2.19 bits per heavy atom. The van der Waals surface area contributed by atoms with Gasteiger partial charge in [0.1, 0.15) is 4.91 Å². The van der Waals surface area contributed by atoms with Gasteiger partial charge in [-0.3, -0.25) is 10.1 Å². The van der Waals surface area contributed by atoms with Crippen molar-refractivity contribution in [3.05, 3.63) is 43.8 Å². The summed E-state index contributed by atoms with van der Waals surface area (Å²) in [6.45, 7) is 5.75. The highest BCUT2D eigenvalue weighted by molar-refractivity contribution is 8.17. The number of aliphatic imine (C=N–C) groups is 1. The minimum absolute atomic E-state index is 0.0996. The predicted molar refractivity (Wildman–Crippen MR) is 97.1 cm³/mol. The van der Waals surface area contributed by atoms with Crippen LogP contribution in [0.1, 0.15) is 33.1 Å². The minimum Gasteiger partial charge on any atom is -0.493 e. The first-order valence-corrected chi connectivity index (χ1v) is 9.50. The van der Waals surface area contributed by atoms with E-state index in [0.29, 0.717) is 48.2 Å². The Bertz CT molecular complexity index is 777. The van der Waals surface area contributed by atoms with Gasteiger partial charge in [-0.2, -0.15) is 4.99 Å². The molecule has 1 atom stereocenters. The second-order valence-electron chi connectivity index (χ2n) is 7.07. The lowest BCUT2D eigenvalue weighted by Crippen LogP contribution is -2.47. The Kier molecular flexibility index (Phi) is 4.32. The molecule has 3 aliphatic heterocycles. The van der Waals surface area contributed by atoms with E-state index in [1.165, 1.54) is 11.8 Å². The number of amidine groups is 1. The molecule has 0 aromatic carbocycles. The van der Waals surface area contributed by atoms with Gasteiger partial charge in [0, 0.05) is 25.9 Å². The van der Waals surface area contributed by atoms with Crippen molar-refractivity contribution < 1.29 is 19.5 Å².